The minimum atomic E-state index is 1.02. The Hall–Kier alpha value is -2.82. The Balaban J connectivity index is 1.54. The number of nitrogens with zero attached hydrogens (tertiary/aromatic N) is 5. The molecule has 29 heavy (non-hydrogen) atoms. The summed E-state index contributed by atoms with van der Waals surface area (Å²) in [6.07, 6.45) is 4.88. The van der Waals surface area contributed by atoms with Gasteiger partial charge in [0.1, 0.15) is 5.71 Å². The highest BCUT2D eigenvalue weighted by Crippen LogP contribution is 2.38. The van der Waals surface area contributed by atoms with Gasteiger partial charge in [0.05, 0.1) is 19.8 Å². The van der Waals surface area contributed by atoms with Gasteiger partial charge in [-0.15, -0.1) is 0 Å². The van der Waals surface area contributed by atoms with Crippen LogP contribution in [0.2, 0.25) is 0 Å². The molecule has 3 aromatic rings. The normalized spacial score (nSPS) is 16.3. The lowest BCUT2D eigenvalue weighted by Gasteiger charge is -2.37. The summed E-state index contributed by atoms with van der Waals surface area (Å²) in [4.78, 5) is 2.59. The number of benzene rings is 2. The van der Waals surface area contributed by atoms with Crippen LogP contribution in [0.1, 0.15) is 36.7 Å². The molecule has 0 atom stereocenters. The van der Waals surface area contributed by atoms with Gasteiger partial charge in [-0.25, -0.2) is 9.13 Å². The number of para-hydroxylation sites is 2. The van der Waals surface area contributed by atoms with Crippen molar-refractivity contribution in [1.29, 1.82) is 0 Å². The average Bonchev–Trinajstić information content (AvgIpc) is 2.99. The summed E-state index contributed by atoms with van der Waals surface area (Å²) in [7, 11) is 6.31. The van der Waals surface area contributed by atoms with Gasteiger partial charge in [-0.2, -0.15) is 5.10 Å². The molecule has 0 unspecified atom stereocenters. The molecule has 3 heterocycles. The van der Waals surface area contributed by atoms with E-state index >= 15 is 0 Å². The van der Waals surface area contributed by atoms with Crippen molar-refractivity contribution in [3.63, 3.8) is 0 Å². The van der Waals surface area contributed by atoms with Crippen LogP contribution in [0.25, 0.3) is 11.0 Å². The van der Waals surface area contributed by atoms with Gasteiger partial charge in [0.2, 0.25) is 0 Å². The molecule has 0 spiro atoms. The summed E-state index contributed by atoms with van der Waals surface area (Å²) in [5.41, 5.74) is 9.17. The number of hydrogen-bond donors (Lipinski definition) is 0. The van der Waals surface area contributed by atoms with E-state index in [1.165, 1.54) is 72.3 Å². The molecule has 5 nitrogen and oxygen atoms in total. The maximum Gasteiger partial charge on any atom is 0.305 e. The SMILES string of the molecule is C/C(=N\N(C)c1cc2c3c(c1)CCCN3CCC2)c1n(C)c2ccccc2[n+]1C. The molecule has 0 saturated carbocycles. The van der Waals surface area contributed by atoms with Crippen molar-refractivity contribution in [1.82, 2.24) is 4.57 Å². The molecule has 0 radical (unpaired) electrons. The predicted molar refractivity (Wildman–Crippen MR) is 120 cm³/mol. The largest absolute Gasteiger partial charge is 0.371 e. The zero-order valence-corrected chi connectivity index (χ0v) is 17.9. The number of aromatic nitrogens is 2. The minimum absolute atomic E-state index is 1.02. The van der Waals surface area contributed by atoms with Crippen molar-refractivity contribution in [2.24, 2.45) is 19.2 Å². The van der Waals surface area contributed by atoms with E-state index < -0.39 is 0 Å². The first-order valence-corrected chi connectivity index (χ1v) is 10.7. The van der Waals surface area contributed by atoms with E-state index in [2.05, 4.69) is 83.5 Å². The Morgan fingerprint density at radius 1 is 1.07 bits per heavy atom. The minimum Gasteiger partial charge on any atom is -0.371 e. The Labute approximate surface area is 172 Å². The molecular formula is C24H30N5+. The zero-order valence-electron chi connectivity index (χ0n) is 17.9. The fourth-order valence-electron chi connectivity index (χ4n) is 5.27. The fraction of sp³-hybridized carbons (Fsp3) is 0.417. The summed E-state index contributed by atoms with van der Waals surface area (Å²) >= 11 is 0. The van der Waals surface area contributed by atoms with Crippen LogP contribution in [0.5, 0.6) is 0 Å². The third-order valence-corrected chi connectivity index (χ3v) is 6.55. The van der Waals surface area contributed by atoms with Crippen LogP contribution in [0.3, 0.4) is 0 Å². The number of aryl methyl sites for hydroxylation is 4. The van der Waals surface area contributed by atoms with E-state index in [-0.39, 0.29) is 0 Å². The molecule has 0 saturated heterocycles. The van der Waals surface area contributed by atoms with E-state index in [1.54, 1.807) is 0 Å². The van der Waals surface area contributed by atoms with Gasteiger partial charge in [-0.05, 0) is 68.0 Å². The maximum atomic E-state index is 4.99. The van der Waals surface area contributed by atoms with E-state index in [4.69, 9.17) is 5.10 Å². The second-order valence-corrected chi connectivity index (χ2v) is 8.45. The highest BCUT2D eigenvalue weighted by molar-refractivity contribution is 5.97. The zero-order chi connectivity index (χ0) is 20.1. The first kappa shape index (κ1) is 18.2. The van der Waals surface area contributed by atoms with E-state index in [9.17, 15) is 0 Å². The standard InChI is InChI=1S/C24H30N5/c1-17(24-26(2)21-11-5-6-12-22(21)27(24)3)25-28(4)20-15-18-9-7-13-29-14-8-10-19(16-20)23(18)29/h5-6,11-12,15-16H,7-10,13-14H2,1-4H3/q+1. The molecule has 2 aromatic carbocycles. The molecule has 5 heteroatoms. The molecule has 2 aliphatic rings. The van der Waals surface area contributed by atoms with Crippen LogP contribution in [0.15, 0.2) is 41.5 Å². The lowest BCUT2D eigenvalue weighted by molar-refractivity contribution is -0.647. The quantitative estimate of drug-likeness (QED) is 0.390. The van der Waals surface area contributed by atoms with Crippen molar-refractivity contribution in [2.75, 3.05) is 30.0 Å². The molecular weight excluding hydrogens is 358 g/mol. The summed E-state index contributed by atoms with van der Waals surface area (Å²) in [6.45, 7) is 4.53. The Kier molecular flexibility index (Phi) is 4.34. The Morgan fingerprint density at radius 2 is 1.72 bits per heavy atom. The van der Waals surface area contributed by atoms with Crippen molar-refractivity contribution in [3.05, 3.63) is 53.3 Å². The second kappa shape index (κ2) is 6.90. The smallest absolute Gasteiger partial charge is 0.305 e. The van der Waals surface area contributed by atoms with Crippen LogP contribution >= 0.6 is 0 Å². The Bertz CT molecular complexity index is 1050. The molecule has 0 aliphatic carbocycles. The van der Waals surface area contributed by atoms with Gasteiger partial charge in [-0.3, -0.25) is 5.01 Å². The van der Waals surface area contributed by atoms with E-state index in [1.807, 2.05) is 0 Å². The lowest BCUT2D eigenvalue weighted by Crippen LogP contribution is -2.36. The van der Waals surface area contributed by atoms with Gasteiger partial charge in [0, 0.05) is 25.8 Å². The third-order valence-electron chi connectivity index (χ3n) is 6.55. The molecule has 0 fully saturated rings. The maximum absolute atomic E-state index is 4.99. The van der Waals surface area contributed by atoms with Gasteiger partial charge < -0.3 is 4.90 Å². The topological polar surface area (TPSA) is 27.6 Å². The lowest BCUT2D eigenvalue weighted by atomic mass is 9.91. The van der Waals surface area contributed by atoms with Gasteiger partial charge in [0.15, 0.2) is 11.0 Å². The molecule has 0 N–H and O–H groups in total. The van der Waals surface area contributed by atoms with Crippen LogP contribution in [0, 0.1) is 0 Å². The number of hydrazone groups is 1. The predicted octanol–water partition coefficient (Wildman–Crippen LogP) is 3.56. The summed E-state index contributed by atoms with van der Waals surface area (Å²) in [5, 5.41) is 7.04. The molecule has 0 bridgehead atoms. The Morgan fingerprint density at radius 3 is 2.38 bits per heavy atom. The van der Waals surface area contributed by atoms with Gasteiger partial charge in [0.25, 0.3) is 0 Å². The third kappa shape index (κ3) is 2.91. The van der Waals surface area contributed by atoms with Gasteiger partial charge in [-0.1, -0.05) is 12.1 Å². The van der Waals surface area contributed by atoms with Gasteiger partial charge >= 0.3 is 5.82 Å². The first-order valence-electron chi connectivity index (χ1n) is 10.7. The monoisotopic (exact) mass is 388 g/mol. The van der Waals surface area contributed by atoms with Crippen molar-refractivity contribution in [3.8, 4) is 0 Å². The number of anilines is 2. The van der Waals surface area contributed by atoms with Crippen LogP contribution in [-0.2, 0) is 26.9 Å². The van der Waals surface area contributed by atoms with Crippen LogP contribution in [-0.4, -0.2) is 30.4 Å². The highest BCUT2D eigenvalue weighted by atomic mass is 15.4. The van der Waals surface area contributed by atoms with E-state index in [0.717, 1.165) is 11.5 Å². The summed E-state index contributed by atoms with van der Waals surface area (Å²) in [5.74, 6) is 1.13. The summed E-state index contributed by atoms with van der Waals surface area (Å²) in [6, 6.07) is 13.2. The molecule has 150 valence electrons. The van der Waals surface area contributed by atoms with Crippen molar-refractivity contribution < 1.29 is 4.57 Å². The highest BCUT2D eigenvalue weighted by Gasteiger charge is 2.26. The first-order chi connectivity index (χ1) is 14.0. The van der Waals surface area contributed by atoms with Crippen molar-refractivity contribution >= 4 is 28.1 Å². The second-order valence-electron chi connectivity index (χ2n) is 8.45. The van der Waals surface area contributed by atoms with E-state index in [0.29, 0.717) is 0 Å². The number of hydrogen-bond acceptors (Lipinski definition) is 3. The number of rotatable bonds is 3. The fourth-order valence-corrected chi connectivity index (χ4v) is 5.27. The van der Waals surface area contributed by atoms with Crippen molar-refractivity contribution in [2.45, 2.75) is 32.6 Å². The average molecular weight is 389 g/mol. The summed E-state index contributed by atoms with van der Waals surface area (Å²) < 4.78 is 4.47. The molecule has 2 aliphatic heterocycles. The number of imidazole rings is 1. The molecule has 5 rings (SSSR count). The van der Waals surface area contributed by atoms with Crippen LogP contribution < -0.4 is 14.5 Å². The number of fused-ring (bicyclic) bond motifs is 1. The molecule has 1 aromatic heterocycles. The molecule has 0 amide bonds. The van der Waals surface area contributed by atoms with Crippen LogP contribution in [0.4, 0.5) is 11.4 Å².